The SMILES string of the molecule is CCn1c2ccccc2c2ccc3c(c4ccccc4n3-c3cc(C)cc(C)c3)c21. The van der Waals surface area contributed by atoms with Crippen LogP contribution in [-0.4, -0.2) is 9.13 Å². The van der Waals surface area contributed by atoms with E-state index in [2.05, 4.69) is 109 Å². The molecule has 0 atom stereocenters. The number of hydrogen-bond donors (Lipinski definition) is 0. The zero-order valence-corrected chi connectivity index (χ0v) is 17.6. The van der Waals surface area contributed by atoms with Crippen LogP contribution in [-0.2, 0) is 6.54 Å². The molecular weight excluding hydrogens is 364 g/mol. The van der Waals surface area contributed by atoms with E-state index in [1.54, 1.807) is 0 Å². The molecule has 2 heteroatoms. The second-order valence-corrected chi connectivity index (χ2v) is 8.32. The zero-order chi connectivity index (χ0) is 20.4. The molecule has 2 nitrogen and oxygen atoms in total. The number of hydrogen-bond acceptors (Lipinski definition) is 0. The minimum atomic E-state index is 0.951. The smallest absolute Gasteiger partial charge is 0.0593 e. The maximum atomic E-state index is 2.48. The molecule has 6 aromatic rings. The molecule has 146 valence electrons. The predicted octanol–water partition coefficient (Wildman–Crippen LogP) is 7.53. The van der Waals surface area contributed by atoms with E-state index in [1.165, 1.54) is 60.4 Å². The van der Waals surface area contributed by atoms with Crippen LogP contribution >= 0.6 is 0 Å². The van der Waals surface area contributed by atoms with Crippen LogP contribution in [0.2, 0.25) is 0 Å². The number of nitrogens with zero attached hydrogens (tertiary/aromatic N) is 2. The second kappa shape index (κ2) is 6.24. The Bertz CT molecular complexity index is 1570. The third-order valence-electron chi connectivity index (χ3n) is 6.35. The number of fused-ring (bicyclic) bond motifs is 7. The molecule has 0 radical (unpaired) electrons. The Morgan fingerprint density at radius 1 is 0.633 bits per heavy atom. The van der Waals surface area contributed by atoms with Crippen LogP contribution < -0.4 is 0 Å². The molecule has 0 aliphatic carbocycles. The molecule has 0 spiro atoms. The monoisotopic (exact) mass is 388 g/mol. The Hall–Kier alpha value is -3.52. The van der Waals surface area contributed by atoms with Crippen LogP contribution in [0.4, 0.5) is 0 Å². The highest BCUT2D eigenvalue weighted by Gasteiger charge is 2.19. The summed E-state index contributed by atoms with van der Waals surface area (Å²) in [5.74, 6) is 0. The van der Waals surface area contributed by atoms with Gasteiger partial charge in [0.15, 0.2) is 0 Å². The van der Waals surface area contributed by atoms with Gasteiger partial charge in [-0.05, 0) is 62.2 Å². The van der Waals surface area contributed by atoms with Crippen molar-refractivity contribution in [2.24, 2.45) is 0 Å². The summed E-state index contributed by atoms with van der Waals surface area (Å²) >= 11 is 0. The maximum Gasteiger partial charge on any atom is 0.0593 e. The highest BCUT2D eigenvalue weighted by Crippen LogP contribution is 2.40. The van der Waals surface area contributed by atoms with Crippen LogP contribution in [0.1, 0.15) is 18.1 Å². The summed E-state index contributed by atoms with van der Waals surface area (Å²) in [5.41, 5.74) is 9.00. The van der Waals surface area contributed by atoms with Gasteiger partial charge in [0.1, 0.15) is 0 Å². The van der Waals surface area contributed by atoms with Crippen molar-refractivity contribution in [2.75, 3.05) is 0 Å². The highest BCUT2D eigenvalue weighted by atomic mass is 15.0. The number of rotatable bonds is 2. The Balaban J connectivity index is 1.89. The quantitative estimate of drug-likeness (QED) is 0.290. The van der Waals surface area contributed by atoms with E-state index in [0.717, 1.165) is 6.54 Å². The van der Waals surface area contributed by atoms with Gasteiger partial charge in [0.2, 0.25) is 0 Å². The zero-order valence-electron chi connectivity index (χ0n) is 17.6. The van der Waals surface area contributed by atoms with Gasteiger partial charge in [-0.2, -0.15) is 0 Å². The van der Waals surface area contributed by atoms with Crippen molar-refractivity contribution in [3.8, 4) is 5.69 Å². The van der Waals surface area contributed by atoms with Crippen LogP contribution in [0.5, 0.6) is 0 Å². The highest BCUT2D eigenvalue weighted by molar-refractivity contribution is 6.25. The van der Waals surface area contributed by atoms with E-state index in [-0.39, 0.29) is 0 Å². The van der Waals surface area contributed by atoms with Crippen molar-refractivity contribution in [2.45, 2.75) is 27.3 Å². The minimum absolute atomic E-state index is 0.951. The van der Waals surface area contributed by atoms with E-state index in [1.807, 2.05) is 0 Å². The van der Waals surface area contributed by atoms with Crippen molar-refractivity contribution >= 4 is 43.6 Å². The molecule has 0 N–H and O–H groups in total. The van der Waals surface area contributed by atoms with Crippen LogP contribution in [0.3, 0.4) is 0 Å². The summed E-state index contributed by atoms with van der Waals surface area (Å²) in [6.07, 6.45) is 0. The van der Waals surface area contributed by atoms with Gasteiger partial charge in [0.05, 0.1) is 16.6 Å². The Morgan fingerprint density at radius 3 is 2.03 bits per heavy atom. The number of aryl methyl sites for hydroxylation is 3. The molecular formula is C28H24N2. The average Bonchev–Trinajstić information content (AvgIpc) is 3.25. The Kier molecular flexibility index (Phi) is 3.61. The molecule has 30 heavy (non-hydrogen) atoms. The Labute approximate surface area is 176 Å². The largest absolute Gasteiger partial charge is 0.340 e. The molecule has 0 aliphatic heterocycles. The normalized spacial score (nSPS) is 12.0. The van der Waals surface area contributed by atoms with E-state index in [4.69, 9.17) is 0 Å². The van der Waals surface area contributed by atoms with Crippen LogP contribution in [0, 0.1) is 13.8 Å². The lowest BCUT2D eigenvalue weighted by Crippen LogP contribution is -1.96. The fourth-order valence-electron chi connectivity index (χ4n) is 5.28. The third-order valence-corrected chi connectivity index (χ3v) is 6.35. The van der Waals surface area contributed by atoms with Crippen molar-refractivity contribution in [3.05, 3.63) is 90.0 Å². The fraction of sp³-hybridized carbons (Fsp3) is 0.143. The van der Waals surface area contributed by atoms with Gasteiger partial charge in [0, 0.05) is 39.3 Å². The molecule has 2 aromatic heterocycles. The summed E-state index contributed by atoms with van der Waals surface area (Å²) in [7, 11) is 0. The first kappa shape index (κ1) is 17.3. The standard InChI is InChI=1S/C28H24N2/c1-4-29-24-11-7-5-9-21(24)22-13-14-26-27(28(22)29)23-10-6-8-12-25(23)30(26)20-16-18(2)15-19(3)17-20/h5-17H,4H2,1-3H3. The van der Waals surface area contributed by atoms with Gasteiger partial charge in [-0.3, -0.25) is 0 Å². The second-order valence-electron chi connectivity index (χ2n) is 8.32. The van der Waals surface area contributed by atoms with Gasteiger partial charge in [0.25, 0.3) is 0 Å². The molecule has 4 aromatic carbocycles. The van der Waals surface area contributed by atoms with Gasteiger partial charge in [-0.1, -0.05) is 48.5 Å². The number of benzene rings is 4. The third kappa shape index (κ3) is 2.25. The lowest BCUT2D eigenvalue weighted by Gasteiger charge is -2.10. The van der Waals surface area contributed by atoms with E-state index in [9.17, 15) is 0 Å². The number of aromatic nitrogens is 2. The molecule has 2 heterocycles. The van der Waals surface area contributed by atoms with E-state index in [0.29, 0.717) is 0 Å². The predicted molar refractivity (Wildman–Crippen MR) is 129 cm³/mol. The van der Waals surface area contributed by atoms with Crippen LogP contribution in [0.15, 0.2) is 78.9 Å². The number of para-hydroxylation sites is 2. The maximum absolute atomic E-state index is 2.48. The summed E-state index contributed by atoms with van der Waals surface area (Å²) in [5, 5.41) is 5.33. The molecule has 0 saturated heterocycles. The van der Waals surface area contributed by atoms with Crippen molar-refractivity contribution in [3.63, 3.8) is 0 Å². The molecule has 0 aliphatic rings. The summed E-state index contributed by atoms with van der Waals surface area (Å²) in [6.45, 7) is 7.55. The fourth-order valence-corrected chi connectivity index (χ4v) is 5.28. The van der Waals surface area contributed by atoms with Gasteiger partial charge >= 0.3 is 0 Å². The molecule has 0 amide bonds. The topological polar surface area (TPSA) is 9.86 Å². The first-order valence-electron chi connectivity index (χ1n) is 10.7. The van der Waals surface area contributed by atoms with Crippen molar-refractivity contribution in [1.82, 2.24) is 9.13 Å². The molecule has 0 fully saturated rings. The molecule has 0 bridgehead atoms. The minimum Gasteiger partial charge on any atom is -0.340 e. The van der Waals surface area contributed by atoms with Crippen molar-refractivity contribution < 1.29 is 0 Å². The first-order chi connectivity index (χ1) is 14.7. The van der Waals surface area contributed by atoms with Crippen molar-refractivity contribution in [1.29, 1.82) is 0 Å². The van der Waals surface area contributed by atoms with Gasteiger partial charge in [-0.25, -0.2) is 0 Å². The van der Waals surface area contributed by atoms with Gasteiger partial charge in [-0.15, -0.1) is 0 Å². The van der Waals surface area contributed by atoms with Crippen LogP contribution in [0.25, 0.3) is 49.3 Å². The molecule has 6 rings (SSSR count). The molecule has 0 saturated carbocycles. The first-order valence-corrected chi connectivity index (χ1v) is 10.7. The summed E-state index contributed by atoms with van der Waals surface area (Å²) < 4.78 is 4.91. The summed E-state index contributed by atoms with van der Waals surface area (Å²) in [6, 6.07) is 29.0. The average molecular weight is 389 g/mol. The lowest BCUT2D eigenvalue weighted by molar-refractivity contribution is 0.829. The summed E-state index contributed by atoms with van der Waals surface area (Å²) in [4.78, 5) is 0. The van der Waals surface area contributed by atoms with E-state index < -0.39 is 0 Å². The Morgan fingerprint density at radius 2 is 1.30 bits per heavy atom. The van der Waals surface area contributed by atoms with E-state index >= 15 is 0 Å². The molecule has 0 unspecified atom stereocenters. The van der Waals surface area contributed by atoms with Gasteiger partial charge < -0.3 is 9.13 Å². The lowest BCUT2D eigenvalue weighted by atomic mass is 10.1.